The van der Waals surface area contributed by atoms with Gasteiger partial charge >= 0.3 is 0 Å². The van der Waals surface area contributed by atoms with E-state index in [1.54, 1.807) is 18.3 Å². The number of nitrogens with zero attached hydrogens (tertiary/aromatic N) is 2. The first-order valence-electron chi connectivity index (χ1n) is 6.18. The molecule has 0 atom stereocenters. The van der Waals surface area contributed by atoms with Crippen molar-refractivity contribution in [3.05, 3.63) is 71.8 Å². The number of benzene rings is 1. The molecule has 1 aromatic carbocycles. The highest BCUT2D eigenvalue weighted by atomic mass is 19.1. The number of likely N-dealkylation sites (N-methyl/N-ethyl adjacent to an activating group) is 1. The number of halogens is 1. The highest BCUT2D eigenvalue weighted by molar-refractivity contribution is 5.79. The molecule has 0 aliphatic carbocycles. The number of hydrogen-bond acceptors (Lipinski definition) is 2. The van der Waals surface area contributed by atoms with Crippen LogP contribution in [0, 0.1) is 5.82 Å². The van der Waals surface area contributed by atoms with Gasteiger partial charge in [-0.1, -0.05) is 24.3 Å². The summed E-state index contributed by atoms with van der Waals surface area (Å²) in [7, 11) is 4.03. The van der Waals surface area contributed by atoms with E-state index in [2.05, 4.69) is 16.0 Å². The third kappa shape index (κ3) is 3.73. The first-order chi connectivity index (χ1) is 9.16. The van der Waals surface area contributed by atoms with Crippen LogP contribution in [0.1, 0.15) is 11.1 Å². The molecular formula is C16H17FN2. The maximum Gasteiger partial charge on any atom is 0.123 e. The molecule has 3 heteroatoms. The Labute approximate surface area is 113 Å². The van der Waals surface area contributed by atoms with Gasteiger partial charge in [0.15, 0.2) is 0 Å². The van der Waals surface area contributed by atoms with Crippen LogP contribution in [0.4, 0.5) is 4.39 Å². The fraction of sp³-hybridized carbons (Fsp3) is 0.188. The van der Waals surface area contributed by atoms with E-state index < -0.39 is 0 Å². The molecule has 2 rings (SSSR count). The van der Waals surface area contributed by atoms with Crippen molar-refractivity contribution in [1.29, 1.82) is 0 Å². The second-order valence-electron chi connectivity index (χ2n) is 4.63. The Kier molecular flexibility index (Phi) is 4.42. The fourth-order valence-corrected chi connectivity index (χ4v) is 1.83. The molecule has 0 aliphatic heterocycles. The van der Waals surface area contributed by atoms with E-state index in [0.29, 0.717) is 0 Å². The lowest BCUT2D eigenvalue weighted by atomic mass is 9.99. The molecular weight excluding hydrogens is 239 g/mol. The zero-order valence-electron chi connectivity index (χ0n) is 11.2. The largest absolute Gasteiger partial charge is 0.306 e. The summed E-state index contributed by atoms with van der Waals surface area (Å²) >= 11 is 0. The highest BCUT2D eigenvalue weighted by Crippen LogP contribution is 2.22. The van der Waals surface area contributed by atoms with Crippen molar-refractivity contribution in [2.45, 2.75) is 0 Å². The molecule has 0 unspecified atom stereocenters. The second-order valence-corrected chi connectivity index (χ2v) is 4.63. The summed E-state index contributed by atoms with van der Waals surface area (Å²) in [6, 6.07) is 10.5. The van der Waals surface area contributed by atoms with Gasteiger partial charge in [0.2, 0.25) is 0 Å². The van der Waals surface area contributed by atoms with Gasteiger partial charge in [0.25, 0.3) is 0 Å². The molecule has 0 amide bonds. The molecule has 2 aromatic rings. The van der Waals surface area contributed by atoms with Gasteiger partial charge in [0.05, 0.1) is 0 Å². The van der Waals surface area contributed by atoms with E-state index in [0.717, 1.165) is 23.2 Å². The Bertz CT molecular complexity index is 545. The van der Waals surface area contributed by atoms with Gasteiger partial charge in [0.1, 0.15) is 5.82 Å². The van der Waals surface area contributed by atoms with E-state index in [4.69, 9.17) is 0 Å². The van der Waals surface area contributed by atoms with Crippen LogP contribution in [-0.2, 0) is 0 Å². The summed E-state index contributed by atoms with van der Waals surface area (Å²) in [5.41, 5.74) is 3.11. The molecule has 0 fully saturated rings. The Balaban J connectivity index is 2.40. The molecule has 0 saturated carbocycles. The first kappa shape index (κ1) is 13.4. The van der Waals surface area contributed by atoms with Crippen LogP contribution in [0.25, 0.3) is 5.57 Å². The van der Waals surface area contributed by atoms with Crippen LogP contribution < -0.4 is 0 Å². The van der Waals surface area contributed by atoms with Gasteiger partial charge in [-0.05, 0) is 43.4 Å². The van der Waals surface area contributed by atoms with Crippen LogP contribution in [0.15, 0.2) is 54.9 Å². The molecule has 1 heterocycles. The van der Waals surface area contributed by atoms with Crippen molar-refractivity contribution >= 4 is 5.57 Å². The minimum Gasteiger partial charge on any atom is -0.306 e. The molecule has 0 bridgehead atoms. The standard InChI is InChI=1S/C16H17FN2/c1-19(2)11-9-16(14-4-3-10-18-12-14)13-5-7-15(17)8-6-13/h3-10,12H,11H2,1-2H3/b16-9+. The first-order valence-corrected chi connectivity index (χ1v) is 6.18. The van der Waals surface area contributed by atoms with Gasteiger partial charge in [-0.3, -0.25) is 4.98 Å². The van der Waals surface area contributed by atoms with Crippen LogP contribution in [0.2, 0.25) is 0 Å². The summed E-state index contributed by atoms with van der Waals surface area (Å²) in [6.45, 7) is 0.821. The molecule has 0 aliphatic rings. The number of rotatable bonds is 4. The molecule has 0 N–H and O–H groups in total. The monoisotopic (exact) mass is 256 g/mol. The van der Waals surface area contributed by atoms with E-state index in [1.807, 2.05) is 32.4 Å². The lowest BCUT2D eigenvalue weighted by Crippen LogP contribution is -2.11. The van der Waals surface area contributed by atoms with Crippen molar-refractivity contribution in [2.24, 2.45) is 0 Å². The smallest absolute Gasteiger partial charge is 0.123 e. The van der Waals surface area contributed by atoms with Crippen molar-refractivity contribution in [1.82, 2.24) is 9.88 Å². The minimum atomic E-state index is -0.220. The lowest BCUT2D eigenvalue weighted by Gasteiger charge is -2.11. The summed E-state index contributed by atoms with van der Waals surface area (Å²) in [4.78, 5) is 6.23. The maximum absolute atomic E-state index is 13.0. The molecule has 0 spiro atoms. The van der Waals surface area contributed by atoms with Crippen molar-refractivity contribution in [3.8, 4) is 0 Å². The highest BCUT2D eigenvalue weighted by Gasteiger charge is 2.05. The molecule has 0 radical (unpaired) electrons. The van der Waals surface area contributed by atoms with Crippen molar-refractivity contribution in [2.75, 3.05) is 20.6 Å². The Hall–Kier alpha value is -2.00. The van der Waals surface area contributed by atoms with Crippen LogP contribution in [0.3, 0.4) is 0 Å². The van der Waals surface area contributed by atoms with E-state index in [9.17, 15) is 4.39 Å². The normalized spacial score (nSPS) is 11.9. The quantitative estimate of drug-likeness (QED) is 0.835. The lowest BCUT2D eigenvalue weighted by molar-refractivity contribution is 0.457. The van der Waals surface area contributed by atoms with Crippen LogP contribution >= 0.6 is 0 Å². The average Bonchev–Trinajstić information content (AvgIpc) is 2.42. The van der Waals surface area contributed by atoms with Gasteiger partial charge in [-0.15, -0.1) is 0 Å². The maximum atomic E-state index is 13.0. The van der Waals surface area contributed by atoms with Crippen LogP contribution in [0.5, 0.6) is 0 Å². The van der Waals surface area contributed by atoms with E-state index >= 15 is 0 Å². The number of pyridine rings is 1. The molecule has 1 aromatic heterocycles. The Morgan fingerprint density at radius 1 is 1.16 bits per heavy atom. The number of aromatic nitrogens is 1. The summed E-state index contributed by atoms with van der Waals surface area (Å²) in [5, 5.41) is 0. The zero-order chi connectivity index (χ0) is 13.7. The predicted octanol–water partition coefficient (Wildman–Crippen LogP) is 3.21. The van der Waals surface area contributed by atoms with Gasteiger partial charge in [0, 0.05) is 24.5 Å². The van der Waals surface area contributed by atoms with E-state index in [1.165, 1.54) is 12.1 Å². The fourth-order valence-electron chi connectivity index (χ4n) is 1.83. The van der Waals surface area contributed by atoms with Crippen LogP contribution in [-0.4, -0.2) is 30.5 Å². The third-order valence-electron chi connectivity index (χ3n) is 2.79. The average molecular weight is 256 g/mol. The summed E-state index contributed by atoms with van der Waals surface area (Å²) in [5.74, 6) is -0.220. The zero-order valence-corrected chi connectivity index (χ0v) is 11.2. The van der Waals surface area contributed by atoms with Gasteiger partial charge in [-0.25, -0.2) is 4.39 Å². The van der Waals surface area contributed by atoms with Crippen molar-refractivity contribution in [3.63, 3.8) is 0 Å². The molecule has 0 saturated heterocycles. The van der Waals surface area contributed by atoms with Gasteiger partial charge < -0.3 is 4.90 Å². The third-order valence-corrected chi connectivity index (χ3v) is 2.79. The van der Waals surface area contributed by atoms with Gasteiger partial charge in [-0.2, -0.15) is 0 Å². The summed E-state index contributed by atoms with van der Waals surface area (Å²) in [6.07, 6.45) is 5.70. The predicted molar refractivity (Wildman–Crippen MR) is 76.3 cm³/mol. The Morgan fingerprint density at radius 3 is 2.47 bits per heavy atom. The van der Waals surface area contributed by atoms with Crippen molar-refractivity contribution < 1.29 is 4.39 Å². The second kappa shape index (κ2) is 6.25. The molecule has 19 heavy (non-hydrogen) atoms. The van der Waals surface area contributed by atoms with E-state index in [-0.39, 0.29) is 5.82 Å². The topological polar surface area (TPSA) is 16.1 Å². The SMILES string of the molecule is CN(C)C/C=C(\c1ccc(F)cc1)c1cccnc1. The molecule has 98 valence electrons. The Morgan fingerprint density at radius 2 is 1.89 bits per heavy atom. The number of hydrogen-bond donors (Lipinski definition) is 0. The minimum absolute atomic E-state index is 0.220. The molecule has 2 nitrogen and oxygen atoms in total. The summed E-state index contributed by atoms with van der Waals surface area (Å²) < 4.78 is 13.0.